The highest BCUT2D eigenvalue weighted by Crippen LogP contribution is 2.25. The maximum atomic E-state index is 11.4. The predicted molar refractivity (Wildman–Crippen MR) is 61.9 cm³/mol. The van der Waals surface area contributed by atoms with Crippen LogP contribution in [0.15, 0.2) is 6.07 Å². The molecule has 78 valence electrons. The van der Waals surface area contributed by atoms with Crippen molar-refractivity contribution in [1.82, 2.24) is 0 Å². The minimum absolute atomic E-state index is 0.112. The molecule has 0 aromatic carbocycles. The molecular formula is C11H17NOS. The predicted octanol–water partition coefficient (Wildman–Crippen LogP) is 3.35. The van der Waals surface area contributed by atoms with Gasteiger partial charge in [-0.1, -0.05) is 13.8 Å². The topological polar surface area (TPSA) is 29.1 Å². The standard InChI is InChI=1S/C11H17NOS/c1-7(2)5-10(13)12-11-6-8(3)9(4)14-11/h6-7H,5H2,1-4H3,(H,12,13). The fourth-order valence-corrected chi connectivity index (χ4v) is 2.14. The van der Waals surface area contributed by atoms with Gasteiger partial charge < -0.3 is 5.32 Å². The average molecular weight is 211 g/mol. The van der Waals surface area contributed by atoms with Crippen molar-refractivity contribution in [2.75, 3.05) is 5.32 Å². The maximum Gasteiger partial charge on any atom is 0.225 e. The summed E-state index contributed by atoms with van der Waals surface area (Å²) in [5.41, 5.74) is 1.25. The highest BCUT2D eigenvalue weighted by Gasteiger charge is 2.07. The Kier molecular flexibility index (Phi) is 3.69. The van der Waals surface area contributed by atoms with Gasteiger partial charge in [0.1, 0.15) is 0 Å². The second kappa shape index (κ2) is 4.60. The van der Waals surface area contributed by atoms with Crippen LogP contribution in [0.4, 0.5) is 5.00 Å². The van der Waals surface area contributed by atoms with Gasteiger partial charge in [0, 0.05) is 11.3 Å². The van der Waals surface area contributed by atoms with Crippen molar-refractivity contribution in [2.45, 2.75) is 34.1 Å². The molecular weight excluding hydrogens is 194 g/mol. The van der Waals surface area contributed by atoms with Crippen molar-refractivity contribution in [2.24, 2.45) is 5.92 Å². The second-order valence-electron chi connectivity index (χ2n) is 4.00. The molecule has 0 aliphatic rings. The second-order valence-corrected chi connectivity index (χ2v) is 5.25. The number of amides is 1. The molecule has 1 heterocycles. The number of aryl methyl sites for hydroxylation is 2. The fourth-order valence-electron chi connectivity index (χ4n) is 1.19. The molecule has 1 aromatic rings. The van der Waals surface area contributed by atoms with E-state index >= 15 is 0 Å². The normalized spacial score (nSPS) is 10.6. The summed E-state index contributed by atoms with van der Waals surface area (Å²) in [4.78, 5) is 12.7. The molecule has 0 bridgehead atoms. The van der Waals surface area contributed by atoms with Crippen LogP contribution in [0.3, 0.4) is 0 Å². The first-order chi connectivity index (χ1) is 6.49. The summed E-state index contributed by atoms with van der Waals surface area (Å²) >= 11 is 1.64. The van der Waals surface area contributed by atoms with Gasteiger partial charge in [0.2, 0.25) is 5.91 Å². The number of carbonyl (C=O) groups excluding carboxylic acids is 1. The average Bonchev–Trinajstić information content (AvgIpc) is 2.28. The van der Waals surface area contributed by atoms with Crippen LogP contribution in [0.2, 0.25) is 0 Å². The summed E-state index contributed by atoms with van der Waals surface area (Å²) < 4.78 is 0. The molecule has 0 spiro atoms. The van der Waals surface area contributed by atoms with Crippen LogP contribution in [-0.2, 0) is 4.79 Å². The molecule has 0 aliphatic heterocycles. The number of anilines is 1. The van der Waals surface area contributed by atoms with Gasteiger partial charge in [-0.15, -0.1) is 11.3 Å². The van der Waals surface area contributed by atoms with Crippen LogP contribution in [0.1, 0.15) is 30.7 Å². The summed E-state index contributed by atoms with van der Waals surface area (Å²) in [6.45, 7) is 8.22. The van der Waals surface area contributed by atoms with Crippen molar-refractivity contribution in [3.05, 3.63) is 16.5 Å². The van der Waals surface area contributed by atoms with Crippen LogP contribution in [0.25, 0.3) is 0 Å². The van der Waals surface area contributed by atoms with E-state index in [9.17, 15) is 4.79 Å². The zero-order chi connectivity index (χ0) is 10.7. The lowest BCUT2D eigenvalue weighted by molar-refractivity contribution is -0.116. The van der Waals surface area contributed by atoms with E-state index in [1.54, 1.807) is 11.3 Å². The third-order valence-corrected chi connectivity index (χ3v) is 3.09. The largest absolute Gasteiger partial charge is 0.318 e. The van der Waals surface area contributed by atoms with Crippen molar-refractivity contribution in [1.29, 1.82) is 0 Å². The first-order valence-corrected chi connectivity index (χ1v) is 5.67. The van der Waals surface area contributed by atoms with Crippen molar-refractivity contribution in [3.63, 3.8) is 0 Å². The highest BCUT2D eigenvalue weighted by atomic mass is 32.1. The molecule has 0 saturated heterocycles. The number of thiophene rings is 1. The van der Waals surface area contributed by atoms with Gasteiger partial charge in [-0.3, -0.25) is 4.79 Å². The van der Waals surface area contributed by atoms with Gasteiger partial charge in [-0.2, -0.15) is 0 Å². The molecule has 0 radical (unpaired) electrons. The van der Waals surface area contributed by atoms with Gasteiger partial charge in [0.15, 0.2) is 0 Å². The molecule has 3 heteroatoms. The Morgan fingerprint density at radius 2 is 2.14 bits per heavy atom. The van der Waals surface area contributed by atoms with E-state index in [0.717, 1.165) is 5.00 Å². The summed E-state index contributed by atoms with van der Waals surface area (Å²) in [6, 6.07) is 2.03. The van der Waals surface area contributed by atoms with Crippen LogP contribution in [0, 0.1) is 19.8 Å². The lowest BCUT2D eigenvalue weighted by atomic mass is 10.1. The lowest BCUT2D eigenvalue weighted by Gasteiger charge is -2.04. The number of hydrogen-bond donors (Lipinski definition) is 1. The van der Waals surface area contributed by atoms with E-state index in [1.807, 2.05) is 19.9 Å². The summed E-state index contributed by atoms with van der Waals surface area (Å²) in [5.74, 6) is 0.526. The Labute approximate surface area is 89.3 Å². The molecule has 1 rings (SSSR count). The molecule has 0 fully saturated rings. The first-order valence-electron chi connectivity index (χ1n) is 4.86. The quantitative estimate of drug-likeness (QED) is 0.816. The van der Waals surface area contributed by atoms with E-state index in [1.165, 1.54) is 10.4 Å². The van der Waals surface area contributed by atoms with Gasteiger partial charge in [0.05, 0.1) is 5.00 Å². The van der Waals surface area contributed by atoms with E-state index in [2.05, 4.69) is 19.2 Å². The summed E-state index contributed by atoms with van der Waals surface area (Å²) in [5, 5.41) is 3.88. The molecule has 0 saturated carbocycles. The van der Waals surface area contributed by atoms with Crippen LogP contribution >= 0.6 is 11.3 Å². The van der Waals surface area contributed by atoms with E-state index in [4.69, 9.17) is 0 Å². The van der Waals surface area contributed by atoms with E-state index < -0.39 is 0 Å². The molecule has 14 heavy (non-hydrogen) atoms. The Bertz CT molecular complexity index is 309. The Hall–Kier alpha value is -0.830. The molecule has 1 N–H and O–H groups in total. The van der Waals surface area contributed by atoms with Crippen molar-refractivity contribution >= 4 is 22.2 Å². The monoisotopic (exact) mass is 211 g/mol. The third kappa shape index (κ3) is 3.14. The molecule has 2 nitrogen and oxygen atoms in total. The Morgan fingerprint density at radius 3 is 2.57 bits per heavy atom. The minimum Gasteiger partial charge on any atom is -0.318 e. The van der Waals surface area contributed by atoms with E-state index in [0.29, 0.717) is 12.3 Å². The molecule has 0 aliphatic carbocycles. The summed E-state index contributed by atoms with van der Waals surface area (Å²) in [6.07, 6.45) is 0.593. The lowest BCUT2D eigenvalue weighted by Crippen LogP contribution is -2.12. The summed E-state index contributed by atoms with van der Waals surface area (Å²) in [7, 11) is 0. The van der Waals surface area contributed by atoms with Crippen LogP contribution < -0.4 is 5.32 Å². The third-order valence-electron chi connectivity index (χ3n) is 2.02. The van der Waals surface area contributed by atoms with Gasteiger partial charge >= 0.3 is 0 Å². The number of nitrogens with one attached hydrogen (secondary N) is 1. The number of rotatable bonds is 3. The van der Waals surface area contributed by atoms with Crippen molar-refractivity contribution < 1.29 is 4.79 Å². The molecule has 1 aromatic heterocycles. The molecule has 1 amide bonds. The Balaban J connectivity index is 2.56. The van der Waals surface area contributed by atoms with E-state index in [-0.39, 0.29) is 5.91 Å². The zero-order valence-electron chi connectivity index (χ0n) is 9.18. The number of carbonyl (C=O) groups is 1. The smallest absolute Gasteiger partial charge is 0.225 e. The highest BCUT2D eigenvalue weighted by molar-refractivity contribution is 7.16. The van der Waals surface area contributed by atoms with Crippen molar-refractivity contribution in [3.8, 4) is 0 Å². The fraction of sp³-hybridized carbons (Fsp3) is 0.545. The number of hydrogen-bond acceptors (Lipinski definition) is 2. The van der Waals surface area contributed by atoms with Gasteiger partial charge in [-0.25, -0.2) is 0 Å². The SMILES string of the molecule is Cc1cc(NC(=O)CC(C)C)sc1C. The van der Waals surface area contributed by atoms with Crippen LogP contribution in [0.5, 0.6) is 0 Å². The minimum atomic E-state index is 0.112. The molecule has 0 atom stereocenters. The van der Waals surface area contributed by atoms with Gasteiger partial charge in [-0.05, 0) is 31.4 Å². The Morgan fingerprint density at radius 1 is 1.50 bits per heavy atom. The molecule has 0 unspecified atom stereocenters. The first kappa shape index (κ1) is 11.2. The van der Waals surface area contributed by atoms with Gasteiger partial charge in [0.25, 0.3) is 0 Å². The van der Waals surface area contributed by atoms with Crippen LogP contribution in [-0.4, -0.2) is 5.91 Å². The maximum absolute atomic E-state index is 11.4. The zero-order valence-corrected chi connectivity index (χ0v) is 9.99.